The van der Waals surface area contributed by atoms with Crippen molar-refractivity contribution >= 4 is 29.3 Å². The molecule has 0 unspecified atom stereocenters. The smallest absolute Gasteiger partial charge is 0.251 e. The Labute approximate surface area is 170 Å². The summed E-state index contributed by atoms with van der Waals surface area (Å²) in [6.07, 6.45) is 1.74. The third-order valence-corrected chi connectivity index (χ3v) is 5.82. The molecule has 0 spiro atoms. The molecule has 0 aliphatic carbocycles. The number of pyridine rings is 1. The normalized spacial score (nSPS) is 13.5. The van der Waals surface area contributed by atoms with Crippen molar-refractivity contribution in [3.8, 4) is 0 Å². The van der Waals surface area contributed by atoms with Gasteiger partial charge < -0.3 is 15.1 Å². The van der Waals surface area contributed by atoms with Gasteiger partial charge in [0.05, 0.1) is 18.0 Å². The molecule has 1 aliphatic rings. The van der Waals surface area contributed by atoms with Crippen LogP contribution in [0.25, 0.3) is 0 Å². The van der Waals surface area contributed by atoms with Crippen LogP contribution >= 0.6 is 11.8 Å². The molecule has 0 fully saturated rings. The largest absolute Gasteiger partial charge is 0.351 e. The van der Waals surface area contributed by atoms with E-state index in [4.69, 9.17) is 0 Å². The number of amides is 2. The number of rotatable bonds is 8. The van der Waals surface area contributed by atoms with E-state index < -0.39 is 0 Å². The highest BCUT2D eigenvalue weighted by atomic mass is 32.2. The third kappa shape index (κ3) is 4.91. The number of nitrogens with one attached hydrogen (secondary N) is 1. The second-order valence-corrected chi connectivity index (χ2v) is 7.54. The summed E-state index contributed by atoms with van der Waals surface area (Å²) in [5.74, 6) is 0.402. The third-order valence-electron chi connectivity index (χ3n) is 4.84. The van der Waals surface area contributed by atoms with Crippen LogP contribution in [0, 0.1) is 0 Å². The highest BCUT2D eigenvalue weighted by Gasteiger charge is 2.25. The predicted octanol–water partition coefficient (Wildman–Crippen LogP) is 2.79. The Morgan fingerprint density at radius 3 is 2.68 bits per heavy atom. The van der Waals surface area contributed by atoms with Gasteiger partial charge in [-0.25, -0.2) is 4.98 Å². The first-order chi connectivity index (χ1) is 13.6. The van der Waals surface area contributed by atoms with Gasteiger partial charge in [-0.1, -0.05) is 37.7 Å². The van der Waals surface area contributed by atoms with E-state index in [1.807, 2.05) is 36.4 Å². The Balaban J connectivity index is 1.60. The first-order valence-corrected chi connectivity index (χ1v) is 10.6. The Hall–Kier alpha value is -2.38. The van der Waals surface area contributed by atoms with Crippen LogP contribution in [-0.2, 0) is 11.3 Å². The predicted molar refractivity (Wildman–Crippen MR) is 113 cm³/mol. The molecule has 0 saturated carbocycles. The van der Waals surface area contributed by atoms with Crippen molar-refractivity contribution in [3.05, 3.63) is 53.7 Å². The van der Waals surface area contributed by atoms with Gasteiger partial charge in [0.25, 0.3) is 5.91 Å². The topological polar surface area (TPSA) is 65.5 Å². The fraction of sp³-hybridized carbons (Fsp3) is 0.381. The minimum Gasteiger partial charge on any atom is -0.351 e. The zero-order valence-electron chi connectivity index (χ0n) is 16.4. The molecule has 0 saturated heterocycles. The molecule has 2 amide bonds. The molecule has 2 aromatic rings. The molecular weight excluding hydrogens is 372 g/mol. The van der Waals surface area contributed by atoms with E-state index in [2.05, 4.69) is 29.0 Å². The molecule has 28 heavy (non-hydrogen) atoms. The molecule has 7 heteroatoms. The SMILES string of the molecule is CCN(CC)CCNC(=O)c1ccc(CN2C(=O)CSc3ncccc32)cc1. The summed E-state index contributed by atoms with van der Waals surface area (Å²) in [6.45, 7) is 8.14. The van der Waals surface area contributed by atoms with Gasteiger partial charge in [0.1, 0.15) is 5.03 Å². The van der Waals surface area contributed by atoms with E-state index in [0.29, 0.717) is 24.4 Å². The van der Waals surface area contributed by atoms with E-state index in [1.54, 1.807) is 11.1 Å². The number of hydrogen-bond donors (Lipinski definition) is 1. The van der Waals surface area contributed by atoms with E-state index >= 15 is 0 Å². The van der Waals surface area contributed by atoms with Gasteiger partial charge in [-0.2, -0.15) is 0 Å². The summed E-state index contributed by atoms with van der Waals surface area (Å²) < 4.78 is 0. The van der Waals surface area contributed by atoms with Crippen molar-refractivity contribution in [1.82, 2.24) is 15.2 Å². The van der Waals surface area contributed by atoms with E-state index in [0.717, 1.165) is 35.9 Å². The molecule has 0 bridgehead atoms. The minimum atomic E-state index is -0.0706. The Morgan fingerprint density at radius 1 is 1.21 bits per heavy atom. The first-order valence-electron chi connectivity index (χ1n) is 9.60. The van der Waals surface area contributed by atoms with Crippen LogP contribution in [0.3, 0.4) is 0 Å². The fourth-order valence-electron chi connectivity index (χ4n) is 3.13. The van der Waals surface area contributed by atoms with Crippen LogP contribution in [0.4, 0.5) is 5.69 Å². The number of anilines is 1. The molecule has 0 atom stereocenters. The van der Waals surface area contributed by atoms with Crippen molar-refractivity contribution in [3.63, 3.8) is 0 Å². The summed E-state index contributed by atoms with van der Waals surface area (Å²) in [5.41, 5.74) is 2.46. The van der Waals surface area contributed by atoms with Gasteiger partial charge in [0.15, 0.2) is 0 Å². The number of benzene rings is 1. The molecule has 148 valence electrons. The van der Waals surface area contributed by atoms with Crippen molar-refractivity contribution in [1.29, 1.82) is 0 Å². The van der Waals surface area contributed by atoms with Gasteiger partial charge in [-0.15, -0.1) is 0 Å². The van der Waals surface area contributed by atoms with E-state index in [-0.39, 0.29) is 11.8 Å². The lowest BCUT2D eigenvalue weighted by molar-refractivity contribution is -0.116. The molecule has 1 aliphatic heterocycles. The summed E-state index contributed by atoms with van der Waals surface area (Å²) in [5, 5.41) is 3.84. The lowest BCUT2D eigenvalue weighted by atomic mass is 10.1. The average molecular weight is 399 g/mol. The van der Waals surface area contributed by atoms with Gasteiger partial charge >= 0.3 is 0 Å². The summed E-state index contributed by atoms with van der Waals surface area (Å²) in [4.78, 5) is 33.1. The summed E-state index contributed by atoms with van der Waals surface area (Å²) in [7, 11) is 0. The minimum absolute atomic E-state index is 0.0706. The number of likely N-dealkylation sites (N-methyl/N-ethyl adjacent to an activating group) is 1. The maximum absolute atomic E-state index is 12.4. The Kier molecular flexibility index (Phi) is 7.06. The lowest BCUT2D eigenvalue weighted by Crippen LogP contribution is -2.35. The molecule has 6 nitrogen and oxygen atoms in total. The number of hydrogen-bond acceptors (Lipinski definition) is 5. The van der Waals surface area contributed by atoms with Crippen LogP contribution in [-0.4, -0.2) is 53.6 Å². The zero-order valence-corrected chi connectivity index (χ0v) is 17.2. The first kappa shape index (κ1) is 20.4. The standard InChI is InChI=1S/C21H26N4O2S/c1-3-24(4-2)13-12-22-20(27)17-9-7-16(8-10-17)14-25-18-6-5-11-23-21(18)28-15-19(25)26/h5-11H,3-4,12-15H2,1-2H3,(H,22,27). The van der Waals surface area contributed by atoms with Crippen LogP contribution in [0.5, 0.6) is 0 Å². The van der Waals surface area contributed by atoms with Gasteiger partial charge in [-0.3, -0.25) is 9.59 Å². The molecule has 0 radical (unpaired) electrons. The Morgan fingerprint density at radius 2 is 1.96 bits per heavy atom. The fourth-order valence-corrected chi connectivity index (χ4v) is 4.01. The van der Waals surface area contributed by atoms with Gasteiger partial charge in [0, 0.05) is 24.8 Å². The average Bonchev–Trinajstić information content (AvgIpc) is 2.73. The molecule has 2 heterocycles. The monoisotopic (exact) mass is 398 g/mol. The number of nitrogens with zero attached hydrogens (tertiary/aromatic N) is 3. The quantitative estimate of drug-likeness (QED) is 0.741. The molecular formula is C21H26N4O2S. The molecule has 1 aromatic heterocycles. The van der Waals surface area contributed by atoms with Crippen LogP contribution in [0.2, 0.25) is 0 Å². The van der Waals surface area contributed by atoms with Crippen LogP contribution in [0.1, 0.15) is 29.8 Å². The number of carbonyl (C=O) groups is 2. The number of fused-ring (bicyclic) bond motifs is 1. The number of aromatic nitrogens is 1. The van der Waals surface area contributed by atoms with Gasteiger partial charge in [0.2, 0.25) is 5.91 Å². The number of thioether (sulfide) groups is 1. The summed E-state index contributed by atoms with van der Waals surface area (Å²) >= 11 is 1.47. The maximum Gasteiger partial charge on any atom is 0.251 e. The second kappa shape index (κ2) is 9.71. The highest BCUT2D eigenvalue weighted by Crippen LogP contribution is 2.33. The summed E-state index contributed by atoms with van der Waals surface area (Å²) in [6, 6.07) is 11.2. The van der Waals surface area contributed by atoms with Crippen LogP contribution in [0.15, 0.2) is 47.6 Å². The van der Waals surface area contributed by atoms with E-state index in [1.165, 1.54) is 11.8 Å². The van der Waals surface area contributed by atoms with Crippen molar-refractivity contribution in [2.24, 2.45) is 0 Å². The second-order valence-electron chi connectivity index (χ2n) is 6.58. The Bertz CT molecular complexity index is 821. The highest BCUT2D eigenvalue weighted by molar-refractivity contribution is 8.00. The van der Waals surface area contributed by atoms with Crippen molar-refractivity contribution < 1.29 is 9.59 Å². The van der Waals surface area contributed by atoms with Crippen molar-refractivity contribution in [2.75, 3.05) is 36.8 Å². The van der Waals surface area contributed by atoms with Crippen molar-refractivity contribution in [2.45, 2.75) is 25.4 Å². The lowest BCUT2D eigenvalue weighted by Gasteiger charge is -2.28. The molecule has 1 N–H and O–H groups in total. The van der Waals surface area contributed by atoms with Gasteiger partial charge in [-0.05, 0) is 42.9 Å². The maximum atomic E-state index is 12.4. The number of carbonyl (C=O) groups excluding carboxylic acids is 2. The van der Waals surface area contributed by atoms with Crippen LogP contribution < -0.4 is 10.2 Å². The zero-order chi connectivity index (χ0) is 19.9. The molecule has 3 rings (SSSR count). The molecule has 1 aromatic carbocycles. The van der Waals surface area contributed by atoms with E-state index in [9.17, 15) is 9.59 Å².